The summed E-state index contributed by atoms with van der Waals surface area (Å²) in [6.07, 6.45) is 6.23. The molecule has 0 fully saturated rings. The molecule has 2 aromatic rings. The molecule has 1 atom stereocenters. The average molecular weight is 372 g/mol. The van der Waals surface area contributed by atoms with Gasteiger partial charge in [0.25, 0.3) is 0 Å². The molecule has 3 nitrogen and oxygen atoms in total. The van der Waals surface area contributed by atoms with Crippen molar-refractivity contribution in [3.8, 4) is 5.75 Å². The van der Waals surface area contributed by atoms with Crippen LogP contribution in [0.2, 0.25) is 0 Å². The molecule has 0 aliphatic carbocycles. The highest BCUT2D eigenvalue weighted by molar-refractivity contribution is 5.69. The van der Waals surface area contributed by atoms with Gasteiger partial charge in [-0.2, -0.15) is 0 Å². The van der Waals surface area contributed by atoms with Gasteiger partial charge in [0.15, 0.2) is 0 Å². The summed E-state index contributed by atoms with van der Waals surface area (Å²) in [7, 11) is 0. The van der Waals surface area contributed by atoms with Crippen molar-refractivity contribution in [1.29, 1.82) is 0 Å². The van der Waals surface area contributed by atoms with E-state index in [-0.39, 0.29) is 11.7 Å². The van der Waals surface area contributed by atoms with Crippen molar-refractivity contribution in [1.82, 2.24) is 0 Å². The molecular weight excluding hydrogens is 343 g/mol. The molecule has 0 saturated carbocycles. The first kappa shape index (κ1) is 20.9. The van der Waals surface area contributed by atoms with Crippen LogP contribution >= 0.6 is 0 Å². The average Bonchev–Trinajstić information content (AvgIpc) is 2.66. The van der Waals surface area contributed by atoms with Crippen LogP contribution in [0.3, 0.4) is 0 Å². The molecule has 0 aliphatic heterocycles. The van der Waals surface area contributed by atoms with Gasteiger partial charge in [-0.25, -0.2) is 4.39 Å². The first-order valence-corrected chi connectivity index (χ1v) is 9.77. The molecular formula is C23H29FO3. The van der Waals surface area contributed by atoms with Crippen molar-refractivity contribution in [3.05, 3.63) is 65.5 Å². The smallest absolute Gasteiger partial charge is 0.306 e. The Morgan fingerprint density at radius 1 is 1.04 bits per heavy atom. The molecule has 0 radical (unpaired) electrons. The number of carbonyl (C=O) groups is 1. The van der Waals surface area contributed by atoms with Gasteiger partial charge in [0.2, 0.25) is 0 Å². The molecule has 0 aliphatic rings. The summed E-state index contributed by atoms with van der Waals surface area (Å²) in [5, 5.41) is 9.06. The molecule has 27 heavy (non-hydrogen) atoms. The molecule has 4 heteroatoms. The second-order valence-corrected chi connectivity index (χ2v) is 6.92. The zero-order chi connectivity index (χ0) is 19.5. The number of hydrogen-bond donors (Lipinski definition) is 1. The molecule has 0 amide bonds. The lowest BCUT2D eigenvalue weighted by atomic mass is 9.97. The largest absolute Gasteiger partial charge is 0.493 e. The quantitative estimate of drug-likeness (QED) is 0.489. The Morgan fingerprint density at radius 2 is 1.81 bits per heavy atom. The van der Waals surface area contributed by atoms with Crippen LogP contribution in [0.25, 0.3) is 0 Å². The number of rotatable bonds is 12. The normalized spacial score (nSPS) is 11.9. The topological polar surface area (TPSA) is 46.5 Å². The fourth-order valence-electron chi connectivity index (χ4n) is 3.13. The van der Waals surface area contributed by atoms with E-state index < -0.39 is 5.97 Å². The van der Waals surface area contributed by atoms with Crippen molar-refractivity contribution < 1.29 is 19.0 Å². The molecule has 0 saturated heterocycles. The van der Waals surface area contributed by atoms with Gasteiger partial charge in [0.1, 0.15) is 11.6 Å². The van der Waals surface area contributed by atoms with Crippen LogP contribution in [0.15, 0.2) is 48.5 Å². The third kappa shape index (κ3) is 7.81. The van der Waals surface area contributed by atoms with Gasteiger partial charge in [-0.15, -0.1) is 0 Å². The van der Waals surface area contributed by atoms with E-state index in [0.717, 1.165) is 49.8 Å². The highest BCUT2D eigenvalue weighted by atomic mass is 19.1. The summed E-state index contributed by atoms with van der Waals surface area (Å²) in [4.78, 5) is 11.0. The van der Waals surface area contributed by atoms with Crippen LogP contribution in [0, 0.1) is 11.7 Å². The van der Waals surface area contributed by atoms with Crippen LogP contribution in [0.4, 0.5) is 4.39 Å². The van der Waals surface area contributed by atoms with Gasteiger partial charge >= 0.3 is 5.97 Å². The lowest BCUT2D eigenvalue weighted by molar-refractivity contribution is -0.142. The van der Waals surface area contributed by atoms with Crippen LogP contribution in [-0.4, -0.2) is 17.7 Å². The minimum Gasteiger partial charge on any atom is -0.493 e. The lowest BCUT2D eigenvalue weighted by Crippen LogP contribution is -2.12. The number of ether oxygens (including phenoxy) is 1. The molecule has 2 rings (SSSR count). The summed E-state index contributed by atoms with van der Waals surface area (Å²) in [5.74, 6) is -0.252. The Kier molecular flexibility index (Phi) is 8.82. The van der Waals surface area contributed by atoms with Crippen LogP contribution in [-0.2, 0) is 17.6 Å². The van der Waals surface area contributed by atoms with E-state index in [1.807, 2.05) is 19.1 Å². The van der Waals surface area contributed by atoms with E-state index in [1.165, 1.54) is 17.7 Å². The highest BCUT2D eigenvalue weighted by Crippen LogP contribution is 2.18. The van der Waals surface area contributed by atoms with Crippen LogP contribution < -0.4 is 4.74 Å². The maximum absolute atomic E-state index is 12.9. The summed E-state index contributed by atoms with van der Waals surface area (Å²) in [5.41, 5.74) is 2.29. The third-order valence-corrected chi connectivity index (χ3v) is 4.83. The van der Waals surface area contributed by atoms with Gasteiger partial charge in [-0.05, 0) is 61.1 Å². The predicted octanol–water partition coefficient (Wildman–Crippen LogP) is 5.66. The molecule has 0 heterocycles. The van der Waals surface area contributed by atoms with E-state index in [9.17, 15) is 9.18 Å². The maximum atomic E-state index is 12.9. The lowest BCUT2D eigenvalue weighted by Gasteiger charge is -2.10. The molecule has 0 bridgehead atoms. The third-order valence-electron chi connectivity index (χ3n) is 4.83. The number of aliphatic carboxylic acids is 1. The van der Waals surface area contributed by atoms with E-state index >= 15 is 0 Å². The number of halogens is 1. The van der Waals surface area contributed by atoms with E-state index in [1.54, 1.807) is 12.1 Å². The van der Waals surface area contributed by atoms with Gasteiger partial charge in [0.05, 0.1) is 12.5 Å². The van der Waals surface area contributed by atoms with Gasteiger partial charge in [-0.1, -0.05) is 44.0 Å². The van der Waals surface area contributed by atoms with Gasteiger partial charge in [-0.3, -0.25) is 4.79 Å². The number of carboxylic acids is 1. The Balaban J connectivity index is 1.68. The molecule has 0 aromatic heterocycles. The van der Waals surface area contributed by atoms with E-state index in [0.29, 0.717) is 13.0 Å². The fourth-order valence-corrected chi connectivity index (χ4v) is 3.13. The standard InChI is InChI=1S/C23H29FO3/c1-2-20(23(25)26)9-5-3-4-7-19-8-6-10-22(17-19)27-16-15-18-11-13-21(24)14-12-18/h6,8,10-14,17,20H,2-5,7,9,15-16H2,1H3,(H,25,26). The van der Waals surface area contributed by atoms with Crippen LogP contribution in [0.1, 0.15) is 50.2 Å². The van der Waals surface area contributed by atoms with Crippen molar-refractivity contribution in [2.75, 3.05) is 6.61 Å². The Hall–Kier alpha value is -2.36. The molecule has 0 spiro atoms. The van der Waals surface area contributed by atoms with Gasteiger partial charge < -0.3 is 9.84 Å². The molecule has 1 N–H and O–H groups in total. The maximum Gasteiger partial charge on any atom is 0.306 e. The summed E-state index contributed by atoms with van der Waals surface area (Å²) in [6.45, 7) is 2.49. The SMILES string of the molecule is CCC(CCCCCc1cccc(OCCc2ccc(F)cc2)c1)C(=O)O. The Morgan fingerprint density at radius 3 is 2.52 bits per heavy atom. The second kappa shape index (κ2) is 11.4. The minimum atomic E-state index is -0.678. The van der Waals surface area contributed by atoms with E-state index in [2.05, 4.69) is 12.1 Å². The number of hydrogen-bond acceptors (Lipinski definition) is 2. The summed E-state index contributed by atoms with van der Waals surface area (Å²) < 4.78 is 18.7. The van der Waals surface area contributed by atoms with Crippen molar-refractivity contribution in [2.24, 2.45) is 5.92 Å². The fraction of sp³-hybridized carbons (Fsp3) is 0.435. The second-order valence-electron chi connectivity index (χ2n) is 6.92. The predicted molar refractivity (Wildman–Crippen MR) is 106 cm³/mol. The number of unbranched alkanes of at least 4 members (excludes halogenated alkanes) is 2. The zero-order valence-electron chi connectivity index (χ0n) is 16.0. The Labute approximate surface area is 161 Å². The molecule has 1 unspecified atom stereocenters. The van der Waals surface area contributed by atoms with Crippen LogP contribution in [0.5, 0.6) is 5.75 Å². The van der Waals surface area contributed by atoms with Crippen molar-refractivity contribution in [2.45, 2.75) is 51.9 Å². The first-order chi connectivity index (χ1) is 13.1. The monoisotopic (exact) mass is 372 g/mol. The zero-order valence-corrected chi connectivity index (χ0v) is 16.0. The summed E-state index contributed by atoms with van der Waals surface area (Å²) in [6, 6.07) is 14.6. The molecule has 146 valence electrons. The number of benzene rings is 2. The Bertz CT molecular complexity index is 697. The van der Waals surface area contributed by atoms with Gasteiger partial charge in [0, 0.05) is 6.42 Å². The molecule has 2 aromatic carbocycles. The van der Waals surface area contributed by atoms with Crippen molar-refractivity contribution >= 4 is 5.97 Å². The minimum absolute atomic E-state index is 0.206. The number of aryl methyl sites for hydroxylation is 1. The first-order valence-electron chi connectivity index (χ1n) is 9.77. The number of carboxylic acid groups (broad SMARTS) is 1. The van der Waals surface area contributed by atoms with Crippen molar-refractivity contribution in [3.63, 3.8) is 0 Å². The highest BCUT2D eigenvalue weighted by Gasteiger charge is 2.13. The summed E-state index contributed by atoms with van der Waals surface area (Å²) >= 11 is 0. The van der Waals surface area contributed by atoms with E-state index in [4.69, 9.17) is 9.84 Å².